The molecule has 3 nitrogen and oxygen atoms in total. The number of amides is 1. The molecule has 0 saturated carbocycles. The molecule has 1 aromatic carbocycles. The summed E-state index contributed by atoms with van der Waals surface area (Å²) in [6, 6.07) is 4.83. The van der Waals surface area contributed by atoms with Crippen molar-refractivity contribution in [2.24, 2.45) is 5.73 Å². The summed E-state index contributed by atoms with van der Waals surface area (Å²) >= 11 is 9.39. The number of hydrogen-bond donors (Lipinski definition) is 1. The normalized spacial score (nSPS) is 10.3. The molecule has 0 radical (unpaired) electrons. The Hall–Kier alpha value is -0.740. The number of alkyl halides is 1. The lowest BCUT2D eigenvalue weighted by Gasteiger charge is -2.08. The highest BCUT2D eigenvalue weighted by Crippen LogP contribution is 2.25. The first kappa shape index (κ1) is 15.3. The fraction of sp³-hybridized carbons (Fsp3) is 0.462. The van der Waals surface area contributed by atoms with E-state index in [1.54, 1.807) is 12.1 Å². The Morgan fingerprint density at radius 2 is 2.00 bits per heavy atom. The molecule has 0 aliphatic heterocycles. The number of carbonyl (C=O) groups is 1. The van der Waals surface area contributed by atoms with Gasteiger partial charge in [0.15, 0.2) is 0 Å². The van der Waals surface area contributed by atoms with Crippen molar-refractivity contribution in [1.29, 1.82) is 0 Å². The van der Waals surface area contributed by atoms with Crippen molar-refractivity contribution < 1.29 is 9.53 Å². The number of nitrogens with two attached hydrogens (primary N) is 1. The van der Waals surface area contributed by atoms with Crippen molar-refractivity contribution in [3.05, 3.63) is 28.8 Å². The molecule has 18 heavy (non-hydrogen) atoms. The summed E-state index contributed by atoms with van der Waals surface area (Å²) in [5, 5.41) is 1.47. The van der Waals surface area contributed by atoms with Crippen LogP contribution in [0.5, 0.6) is 5.75 Å². The minimum absolute atomic E-state index is 0.393. The van der Waals surface area contributed by atoms with Gasteiger partial charge in [-0.15, -0.1) is 0 Å². The van der Waals surface area contributed by atoms with E-state index in [1.165, 1.54) is 18.9 Å². The number of ether oxygens (including phenoxy) is 1. The first-order valence-corrected chi connectivity index (χ1v) is 7.43. The van der Waals surface area contributed by atoms with E-state index in [9.17, 15) is 4.79 Å². The number of rotatable bonds is 8. The number of primary amides is 1. The van der Waals surface area contributed by atoms with Crippen molar-refractivity contribution >= 4 is 33.4 Å². The zero-order valence-electron chi connectivity index (χ0n) is 10.1. The second-order valence-electron chi connectivity index (χ2n) is 3.96. The average molecular weight is 335 g/mol. The van der Waals surface area contributed by atoms with Crippen LogP contribution in [-0.4, -0.2) is 17.8 Å². The second-order valence-corrected chi connectivity index (χ2v) is 5.16. The number of carbonyl (C=O) groups excluding carboxylic acids is 1. The molecule has 0 spiro atoms. The van der Waals surface area contributed by atoms with Gasteiger partial charge in [0.2, 0.25) is 5.91 Å². The minimum Gasteiger partial charge on any atom is -0.492 e. The van der Waals surface area contributed by atoms with E-state index in [0.717, 1.165) is 18.2 Å². The van der Waals surface area contributed by atoms with E-state index in [4.69, 9.17) is 22.1 Å². The van der Waals surface area contributed by atoms with Crippen LogP contribution in [0.25, 0.3) is 0 Å². The third-order valence-corrected chi connectivity index (χ3v) is 3.36. The first-order valence-electron chi connectivity index (χ1n) is 5.93. The van der Waals surface area contributed by atoms with Gasteiger partial charge >= 0.3 is 0 Å². The van der Waals surface area contributed by atoms with Gasteiger partial charge in [0.25, 0.3) is 0 Å². The number of halogens is 2. The molecule has 0 aliphatic rings. The summed E-state index contributed by atoms with van der Waals surface area (Å²) in [7, 11) is 0. The van der Waals surface area contributed by atoms with E-state index < -0.39 is 5.91 Å². The Morgan fingerprint density at radius 1 is 1.28 bits per heavy atom. The maximum Gasteiger partial charge on any atom is 0.248 e. The lowest BCUT2D eigenvalue weighted by Crippen LogP contribution is -2.10. The van der Waals surface area contributed by atoms with Gasteiger partial charge in [-0.3, -0.25) is 4.79 Å². The van der Waals surface area contributed by atoms with Gasteiger partial charge in [0.1, 0.15) is 5.75 Å². The summed E-state index contributed by atoms with van der Waals surface area (Å²) in [4.78, 5) is 10.9. The standard InChI is InChI=1S/C13H17BrClNO2/c14-7-3-1-2-4-8-18-12-6-5-10(13(16)17)9-11(12)15/h5-6,9H,1-4,7-8H2,(H2,16,17). The van der Waals surface area contributed by atoms with Crippen LogP contribution in [0.15, 0.2) is 18.2 Å². The Morgan fingerprint density at radius 3 is 2.61 bits per heavy atom. The number of unbranched alkanes of at least 4 members (excludes halogenated alkanes) is 3. The number of hydrogen-bond acceptors (Lipinski definition) is 2. The predicted molar refractivity (Wildman–Crippen MR) is 77.7 cm³/mol. The summed E-state index contributed by atoms with van der Waals surface area (Å²) in [5.74, 6) is 0.111. The lowest BCUT2D eigenvalue weighted by molar-refractivity contribution is 0.100. The number of benzene rings is 1. The maximum atomic E-state index is 10.9. The molecule has 5 heteroatoms. The molecule has 1 rings (SSSR count). The minimum atomic E-state index is -0.488. The quantitative estimate of drug-likeness (QED) is 0.581. The molecule has 1 amide bonds. The second kappa shape index (κ2) is 8.38. The SMILES string of the molecule is NC(=O)c1ccc(OCCCCCCBr)c(Cl)c1. The van der Waals surface area contributed by atoms with Crippen LogP contribution in [0, 0.1) is 0 Å². The Balaban J connectivity index is 2.36. The van der Waals surface area contributed by atoms with Gasteiger partial charge in [-0.05, 0) is 31.0 Å². The summed E-state index contributed by atoms with van der Waals surface area (Å²) < 4.78 is 5.56. The highest BCUT2D eigenvalue weighted by Gasteiger charge is 2.06. The Bertz CT molecular complexity index is 399. The maximum absolute atomic E-state index is 10.9. The molecule has 0 saturated heterocycles. The predicted octanol–water partition coefficient (Wildman–Crippen LogP) is 3.77. The molecule has 0 aromatic heterocycles. The van der Waals surface area contributed by atoms with Gasteiger partial charge in [-0.1, -0.05) is 40.4 Å². The summed E-state index contributed by atoms with van der Waals surface area (Å²) in [5.41, 5.74) is 5.55. The topological polar surface area (TPSA) is 52.3 Å². The monoisotopic (exact) mass is 333 g/mol. The van der Waals surface area contributed by atoms with Gasteiger partial charge in [0.05, 0.1) is 11.6 Å². The van der Waals surface area contributed by atoms with Crippen molar-refractivity contribution in [2.45, 2.75) is 25.7 Å². The van der Waals surface area contributed by atoms with E-state index >= 15 is 0 Å². The average Bonchev–Trinajstić information content (AvgIpc) is 2.35. The molecule has 0 aliphatic carbocycles. The molecular formula is C13H17BrClNO2. The molecular weight excluding hydrogens is 318 g/mol. The third-order valence-electron chi connectivity index (χ3n) is 2.50. The van der Waals surface area contributed by atoms with Gasteiger partial charge in [-0.25, -0.2) is 0 Å². The third kappa shape index (κ3) is 5.27. The van der Waals surface area contributed by atoms with E-state index in [-0.39, 0.29) is 0 Å². The van der Waals surface area contributed by atoms with E-state index in [1.807, 2.05) is 0 Å². The molecule has 1 aromatic rings. The largest absolute Gasteiger partial charge is 0.492 e. The highest BCUT2D eigenvalue weighted by atomic mass is 79.9. The highest BCUT2D eigenvalue weighted by molar-refractivity contribution is 9.09. The molecule has 0 atom stereocenters. The van der Waals surface area contributed by atoms with Crippen molar-refractivity contribution in [1.82, 2.24) is 0 Å². The fourth-order valence-corrected chi connectivity index (χ4v) is 2.13. The smallest absolute Gasteiger partial charge is 0.248 e. The van der Waals surface area contributed by atoms with E-state index in [2.05, 4.69) is 15.9 Å². The zero-order valence-corrected chi connectivity index (χ0v) is 12.5. The Kier molecular flexibility index (Phi) is 7.13. The lowest BCUT2D eigenvalue weighted by atomic mass is 10.2. The van der Waals surface area contributed by atoms with Gasteiger partial charge in [-0.2, -0.15) is 0 Å². The first-order chi connectivity index (χ1) is 8.65. The molecule has 2 N–H and O–H groups in total. The van der Waals surface area contributed by atoms with Crippen LogP contribution in [0.1, 0.15) is 36.0 Å². The van der Waals surface area contributed by atoms with Crippen LogP contribution in [0.3, 0.4) is 0 Å². The zero-order chi connectivity index (χ0) is 13.4. The van der Waals surface area contributed by atoms with Crippen molar-refractivity contribution in [2.75, 3.05) is 11.9 Å². The summed E-state index contributed by atoms with van der Waals surface area (Å²) in [6.45, 7) is 0.637. The van der Waals surface area contributed by atoms with Crippen molar-refractivity contribution in [3.8, 4) is 5.75 Å². The molecule has 0 fully saturated rings. The molecule has 0 unspecified atom stereocenters. The Labute approximate surface area is 121 Å². The van der Waals surface area contributed by atoms with Gasteiger partial charge < -0.3 is 10.5 Å². The fourth-order valence-electron chi connectivity index (χ4n) is 1.50. The van der Waals surface area contributed by atoms with Crippen LogP contribution < -0.4 is 10.5 Å². The van der Waals surface area contributed by atoms with Gasteiger partial charge in [0, 0.05) is 10.9 Å². The van der Waals surface area contributed by atoms with Crippen LogP contribution in [-0.2, 0) is 0 Å². The van der Waals surface area contributed by atoms with Crippen LogP contribution in [0.2, 0.25) is 5.02 Å². The van der Waals surface area contributed by atoms with Crippen LogP contribution >= 0.6 is 27.5 Å². The summed E-state index contributed by atoms with van der Waals surface area (Å²) in [6.07, 6.45) is 4.53. The van der Waals surface area contributed by atoms with E-state index in [0.29, 0.717) is 22.9 Å². The molecule has 0 heterocycles. The van der Waals surface area contributed by atoms with Crippen LogP contribution in [0.4, 0.5) is 0 Å². The molecule has 0 bridgehead atoms. The molecule has 100 valence electrons. The van der Waals surface area contributed by atoms with Crippen molar-refractivity contribution in [3.63, 3.8) is 0 Å².